The van der Waals surface area contributed by atoms with E-state index in [0.29, 0.717) is 18.7 Å². The summed E-state index contributed by atoms with van der Waals surface area (Å²) in [6.07, 6.45) is -0.501. The first kappa shape index (κ1) is 18.5. The van der Waals surface area contributed by atoms with Crippen LogP contribution in [0.3, 0.4) is 0 Å². The van der Waals surface area contributed by atoms with E-state index in [9.17, 15) is 9.36 Å². The number of rotatable bonds is 6. The zero-order chi connectivity index (χ0) is 16.8. The highest BCUT2D eigenvalue weighted by Gasteiger charge is 2.15. The van der Waals surface area contributed by atoms with Crippen molar-refractivity contribution in [3.8, 4) is 5.75 Å². The summed E-state index contributed by atoms with van der Waals surface area (Å²) in [5.74, 6) is 0.382. The molecule has 0 aromatic heterocycles. The van der Waals surface area contributed by atoms with Gasteiger partial charge in [-0.05, 0) is 44.9 Å². The zero-order valence-electron chi connectivity index (χ0n) is 12.9. The van der Waals surface area contributed by atoms with Crippen molar-refractivity contribution in [2.75, 3.05) is 12.9 Å². The van der Waals surface area contributed by atoms with E-state index in [4.69, 9.17) is 19.3 Å². The standard InChI is InChI=1S/C14H22NO6P/c1-14(2,3)21-13(16)15-9-8-11-4-6-12(7-5-11)20-10-22(17,18)19/h4-7H,8-10H2,1-3H3,(H,15,16)(H2,17,18,19). The van der Waals surface area contributed by atoms with E-state index in [1.807, 2.05) is 0 Å². The molecule has 7 nitrogen and oxygen atoms in total. The van der Waals surface area contributed by atoms with E-state index in [1.54, 1.807) is 45.0 Å². The Morgan fingerprint density at radius 1 is 1.23 bits per heavy atom. The zero-order valence-corrected chi connectivity index (χ0v) is 13.8. The van der Waals surface area contributed by atoms with E-state index < -0.39 is 25.6 Å². The summed E-state index contributed by atoms with van der Waals surface area (Å²) in [7, 11) is -4.17. The van der Waals surface area contributed by atoms with E-state index in [1.165, 1.54) is 0 Å². The summed E-state index contributed by atoms with van der Waals surface area (Å²) in [6.45, 7) is 5.81. The van der Waals surface area contributed by atoms with Gasteiger partial charge < -0.3 is 24.6 Å². The Labute approximate surface area is 129 Å². The number of benzene rings is 1. The third-order valence-electron chi connectivity index (χ3n) is 2.40. The average molecular weight is 331 g/mol. The van der Waals surface area contributed by atoms with Crippen molar-refractivity contribution in [2.24, 2.45) is 0 Å². The number of carbonyl (C=O) groups is 1. The summed E-state index contributed by atoms with van der Waals surface area (Å²) in [5.41, 5.74) is 0.432. The minimum absolute atomic E-state index is 0.382. The van der Waals surface area contributed by atoms with Crippen LogP contribution in [0.1, 0.15) is 26.3 Å². The molecule has 8 heteroatoms. The van der Waals surface area contributed by atoms with Gasteiger partial charge >= 0.3 is 13.7 Å². The van der Waals surface area contributed by atoms with Gasteiger partial charge in [-0.25, -0.2) is 4.79 Å². The van der Waals surface area contributed by atoms with Crippen molar-refractivity contribution in [1.29, 1.82) is 0 Å². The number of amides is 1. The van der Waals surface area contributed by atoms with Crippen LogP contribution in [0.25, 0.3) is 0 Å². The third kappa shape index (κ3) is 8.67. The van der Waals surface area contributed by atoms with Crippen molar-refractivity contribution in [3.05, 3.63) is 29.8 Å². The molecule has 3 N–H and O–H groups in total. The van der Waals surface area contributed by atoms with Crippen LogP contribution in [0.4, 0.5) is 4.79 Å². The summed E-state index contributed by atoms with van der Waals surface area (Å²) in [6, 6.07) is 6.79. The van der Waals surface area contributed by atoms with Gasteiger partial charge in [0.25, 0.3) is 0 Å². The molecule has 1 aromatic rings. The quantitative estimate of drug-likeness (QED) is 0.691. The van der Waals surface area contributed by atoms with E-state index in [-0.39, 0.29) is 0 Å². The fourth-order valence-corrected chi connectivity index (χ4v) is 1.85. The molecular formula is C14H22NO6P. The Morgan fingerprint density at radius 3 is 2.32 bits per heavy atom. The summed E-state index contributed by atoms with van der Waals surface area (Å²) in [4.78, 5) is 28.9. The van der Waals surface area contributed by atoms with Crippen molar-refractivity contribution in [3.63, 3.8) is 0 Å². The van der Waals surface area contributed by atoms with Gasteiger partial charge in [-0.3, -0.25) is 4.57 Å². The fourth-order valence-electron chi connectivity index (χ4n) is 1.53. The van der Waals surface area contributed by atoms with Crippen LogP contribution in [0.15, 0.2) is 24.3 Å². The molecule has 0 heterocycles. The Bertz CT molecular complexity index is 531. The lowest BCUT2D eigenvalue weighted by Gasteiger charge is -2.19. The molecule has 0 saturated heterocycles. The highest BCUT2D eigenvalue weighted by molar-refractivity contribution is 7.51. The number of carbonyl (C=O) groups excluding carboxylic acids is 1. The SMILES string of the molecule is CC(C)(C)OC(=O)NCCc1ccc(OCP(=O)(O)O)cc1. The first-order valence-corrected chi connectivity index (χ1v) is 8.58. The van der Waals surface area contributed by atoms with Crippen LogP contribution < -0.4 is 10.1 Å². The molecule has 22 heavy (non-hydrogen) atoms. The molecular weight excluding hydrogens is 309 g/mol. The van der Waals surface area contributed by atoms with Crippen LogP contribution in [0.2, 0.25) is 0 Å². The molecule has 0 aliphatic carbocycles. The Hall–Kier alpha value is -1.56. The van der Waals surface area contributed by atoms with Crippen LogP contribution in [0, 0.1) is 0 Å². The molecule has 0 radical (unpaired) electrons. The topological polar surface area (TPSA) is 105 Å². The summed E-state index contributed by atoms with van der Waals surface area (Å²) in [5, 5.41) is 2.65. The summed E-state index contributed by atoms with van der Waals surface area (Å²) >= 11 is 0. The van der Waals surface area contributed by atoms with Crippen LogP contribution in [-0.2, 0) is 15.7 Å². The first-order valence-electron chi connectivity index (χ1n) is 6.78. The highest BCUT2D eigenvalue weighted by Crippen LogP contribution is 2.34. The van der Waals surface area contributed by atoms with Gasteiger partial charge in [-0.15, -0.1) is 0 Å². The van der Waals surface area contributed by atoms with Gasteiger partial charge in [-0.1, -0.05) is 12.1 Å². The Balaban J connectivity index is 2.36. The van der Waals surface area contributed by atoms with Crippen molar-refractivity contribution >= 4 is 13.7 Å². The lowest BCUT2D eigenvalue weighted by Crippen LogP contribution is -2.33. The van der Waals surface area contributed by atoms with Gasteiger partial charge in [0.2, 0.25) is 0 Å². The monoisotopic (exact) mass is 331 g/mol. The smallest absolute Gasteiger partial charge is 0.407 e. The molecule has 0 aliphatic rings. The number of hydrogen-bond acceptors (Lipinski definition) is 4. The van der Waals surface area contributed by atoms with Crippen LogP contribution in [0.5, 0.6) is 5.75 Å². The van der Waals surface area contributed by atoms with Gasteiger partial charge in [0.15, 0.2) is 6.35 Å². The molecule has 0 atom stereocenters. The van der Waals surface area contributed by atoms with E-state index in [0.717, 1.165) is 5.56 Å². The second-order valence-electron chi connectivity index (χ2n) is 5.76. The predicted molar refractivity (Wildman–Crippen MR) is 81.9 cm³/mol. The Kier molecular flexibility index (Phi) is 6.41. The first-order chi connectivity index (χ1) is 10.1. The van der Waals surface area contributed by atoms with Crippen LogP contribution in [-0.4, -0.2) is 34.4 Å². The van der Waals surface area contributed by atoms with E-state index in [2.05, 4.69) is 5.32 Å². The molecule has 0 aliphatic heterocycles. The maximum atomic E-state index is 11.5. The second kappa shape index (κ2) is 7.63. The molecule has 0 fully saturated rings. The van der Waals surface area contributed by atoms with Crippen molar-refractivity contribution < 1.29 is 28.6 Å². The van der Waals surface area contributed by atoms with E-state index >= 15 is 0 Å². The average Bonchev–Trinajstić information content (AvgIpc) is 2.35. The predicted octanol–water partition coefficient (Wildman–Crippen LogP) is 2.27. The van der Waals surface area contributed by atoms with Gasteiger partial charge in [-0.2, -0.15) is 0 Å². The maximum Gasteiger partial charge on any atom is 0.407 e. The Morgan fingerprint density at radius 2 is 1.82 bits per heavy atom. The molecule has 1 aromatic carbocycles. The van der Waals surface area contributed by atoms with Gasteiger partial charge in [0, 0.05) is 6.54 Å². The number of nitrogens with one attached hydrogen (secondary N) is 1. The molecule has 0 spiro atoms. The van der Waals surface area contributed by atoms with Crippen molar-refractivity contribution in [1.82, 2.24) is 5.32 Å². The molecule has 0 bridgehead atoms. The van der Waals surface area contributed by atoms with Crippen molar-refractivity contribution in [2.45, 2.75) is 32.8 Å². The molecule has 0 saturated carbocycles. The normalized spacial score (nSPS) is 11.9. The molecule has 1 rings (SSSR count). The number of hydrogen-bond donors (Lipinski definition) is 3. The second-order valence-corrected chi connectivity index (χ2v) is 7.35. The minimum Gasteiger partial charge on any atom is -0.481 e. The number of alkyl carbamates (subject to hydrolysis) is 1. The summed E-state index contributed by atoms with van der Waals surface area (Å²) < 4.78 is 20.8. The van der Waals surface area contributed by atoms with Crippen LogP contribution >= 0.6 is 7.60 Å². The molecule has 124 valence electrons. The fraction of sp³-hybridized carbons (Fsp3) is 0.500. The van der Waals surface area contributed by atoms with Gasteiger partial charge in [0.05, 0.1) is 0 Å². The molecule has 0 unspecified atom stereocenters. The highest BCUT2D eigenvalue weighted by atomic mass is 31.2. The number of ether oxygens (including phenoxy) is 2. The van der Waals surface area contributed by atoms with Gasteiger partial charge in [0.1, 0.15) is 11.4 Å². The maximum absolute atomic E-state index is 11.5. The lowest BCUT2D eigenvalue weighted by atomic mass is 10.1. The lowest BCUT2D eigenvalue weighted by molar-refractivity contribution is 0.0528. The largest absolute Gasteiger partial charge is 0.481 e. The third-order valence-corrected chi connectivity index (χ3v) is 2.87. The molecule has 1 amide bonds. The minimum atomic E-state index is -4.17.